The van der Waals surface area contributed by atoms with Gasteiger partial charge in [-0.3, -0.25) is 14.9 Å². The lowest BCUT2D eigenvalue weighted by Crippen LogP contribution is -2.35. The van der Waals surface area contributed by atoms with E-state index in [-0.39, 0.29) is 0 Å². The van der Waals surface area contributed by atoms with E-state index in [1.54, 1.807) is 0 Å². The van der Waals surface area contributed by atoms with E-state index < -0.39 is 0 Å². The molecular weight excluding hydrogens is 248 g/mol. The Kier molecular flexibility index (Phi) is 6.14. The van der Waals surface area contributed by atoms with Gasteiger partial charge in [0.15, 0.2) is 0 Å². The molecule has 2 aromatic rings. The Hall–Kier alpha value is -1.78. The van der Waals surface area contributed by atoms with Gasteiger partial charge in [-0.05, 0) is 31.3 Å². The molecule has 0 unspecified atom stereocenters. The second-order valence-corrected chi connectivity index (χ2v) is 4.77. The van der Waals surface area contributed by atoms with Crippen molar-refractivity contribution in [1.29, 1.82) is 0 Å². The first kappa shape index (κ1) is 14.6. The van der Waals surface area contributed by atoms with Crippen molar-refractivity contribution in [3.8, 4) is 0 Å². The van der Waals surface area contributed by atoms with E-state index in [0.29, 0.717) is 0 Å². The Morgan fingerprint density at radius 3 is 1.85 bits per heavy atom. The summed E-state index contributed by atoms with van der Waals surface area (Å²) in [5, 5.41) is 3.23. The maximum Gasteiger partial charge on any atom is 0.0478 e. The monoisotopic (exact) mass is 270 g/mol. The summed E-state index contributed by atoms with van der Waals surface area (Å²) in [6.07, 6.45) is 5.66. The second-order valence-electron chi connectivity index (χ2n) is 4.77. The molecule has 106 valence electrons. The lowest BCUT2D eigenvalue weighted by molar-refractivity contribution is 0.265. The van der Waals surface area contributed by atoms with Gasteiger partial charge in [-0.1, -0.05) is 12.1 Å². The summed E-state index contributed by atoms with van der Waals surface area (Å²) in [4.78, 5) is 11.1. The van der Waals surface area contributed by atoms with Crippen LogP contribution in [-0.4, -0.2) is 41.7 Å². The van der Waals surface area contributed by atoms with Crippen molar-refractivity contribution in [3.63, 3.8) is 0 Å². The summed E-state index contributed by atoms with van der Waals surface area (Å²) in [5.41, 5.74) is 2.29. The fraction of sp³-hybridized carbons (Fsp3) is 0.375. The van der Waals surface area contributed by atoms with Crippen LogP contribution in [0.3, 0.4) is 0 Å². The van der Waals surface area contributed by atoms with Crippen LogP contribution in [0.15, 0.2) is 48.8 Å². The SMILES string of the molecule is CNCN(CCc1ccccn1)CCc1ccccn1. The van der Waals surface area contributed by atoms with Gasteiger partial charge in [0, 0.05) is 56.4 Å². The molecule has 1 N–H and O–H groups in total. The van der Waals surface area contributed by atoms with Crippen molar-refractivity contribution in [1.82, 2.24) is 20.2 Å². The molecule has 0 fully saturated rings. The molecule has 20 heavy (non-hydrogen) atoms. The van der Waals surface area contributed by atoms with Gasteiger partial charge in [0.05, 0.1) is 0 Å². The van der Waals surface area contributed by atoms with Crippen LogP contribution in [0, 0.1) is 0 Å². The van der Waals surface area contributed by atoms with Gasteiger partial charge in [0.2, 0.25) is 0 Å². The van der Waals surface area contributed by atoms with Gasteiger partial charge in [-0.25, -0.2) is 0 Å². The molecule has 0 radical (unpaired) electrons. The van der Waals surface area contributed by atoms with E-state index in [4.69, 9.17) is 0 Å². The first-order valence-corrected chi connectivity index (χ1v) is 7.05. The number of rotatable bonds is 8. The summed E-state index contributed by atoms with van der Waals surface area (Å²) in [6, 6.07) is 12.1. The summed E-state index contributed by atoms with van der Waals surface area (Å²) in [7, 11) is 1.98. The predicted octanol–water partition coefficient (Wildman–Crippen LogP) is 1.74. The summed E-state index contributed by atoms with van der Waals surface area (Å²) < 4.78 is 0. The highest BCUT2D eigenvalue weighted by atomic mass is 15.2. The van der Waals surface area contributed by atoms with Crippen LogP contribution >= 0.6 is 0 Å². The van der Waals surface area contributed by atoms with Gasteiger partial charge in [0.25, 0.3) is 0 Å². The van der Waals surface area contributed by atoms with E-state index in [2.05, 4.69) is 32.3 Å². The normalized spacial score (nSPS) is 10.9. The molecule has 0 atom stereocenters. The van der Waals surface area contributed by atoms with Crippen LogP contribution in [0.1, 0.15) is 11.4 Å². The maximum atomic E-state index is 4.37. The zero-order chi connectivity index (χ0) is 14.0. The second kappa shape index (κ2) is 8.40. The van der Waals surface area contributed by atoms with Crippen molar-refractivity contribution in [3.05, 3.63) is 60.2 Å². The fourth-order valence-corrected chi connectivity index (χ4v) is 2.13. The smallest absolute Gasteiger partial charge is 0.0478 e. The molecule has 0 spiro atoms. The van der Waals surface area contributed by atoms with Crippen LogP contribution in [0.25, 0.3) is 0 Å². The van der Waals surface area contributed by atoms with E-state index in [1.807, 2.05) is 43.7 Å². The molecule has 0 aromatic carbocycles. The molecule has 2 rings (SSSR count). The third-order valence-corrected chi connectivity index (χ3v) is 3.20. The lowest BCUT2D eigenvalue weighted by Gasteiger charge is -2.21. The van der Waals surface area contributed by atoms with Crippen LogP contribution in [-0.2, 0) is 12.8 Å². The first-order valence-electron chi connectivity index (χ1n) is 7.05. The van der Waals surface area contributed by atoms with E-state index >= 15 is 0 Å². The lowest BCUT2D eigenvalue weighted by atomic mass is 10.2. The molecule has 0 bridgehead atoms. The average Bonchev–Trinajstić information content (AvgIpc) is 2.52. The Labute approximate surface area is 120 Å². The quantitative estimate of drug-likeness (QED) is 0.742. The minimum Gasteiger partial charge on any atom is -0.307 e. The summed E-state index contributed by atoms with van der Waals surface area (Å²) in [6.45, 7) is 2.90. The predicted molar refractivity (Wildman–Crippen MR) is 81.4 cm³/mol. The minimum absolute atomic E-state index is 0.889. The number of hydrogen-bond acceptors (Lipinski definition) is 4. The van der Waals surface area contributed by atoms with Crippen LogP contribution in [0.4, 0.5) is 0 Å². The molecule has 0 aliphatic carbocycles. The molecule has 4 nitrogen and oxygen atoms in total. The molecule has 0 saturated carbocycles. The van der Waals surface area contributed by atoms with Crippen LogP contribution in [0.5, 0.6) is 0 Å². The highest BCUT2D eigenvalue weighted by Crippen LogP contribution is 2.00. The number of pyridine rings is 2. The molecule has 0 amide bonds. The fourth-order valence-electron chi connectivity index (χ4n) is 2.13. The van der Waals surface area contributed by atoms with Gasteiger partial charge >= 0.3 is 0 Å². The summed E-state index contributed by atoms with van der Waals surface area (Å²) >= 11 is 0. The number of nitrogens with one attached hydrogen (secondary N) is 1. The molecule has 0 aliphatic rings. The minimum atomic E-state index is 0.889. The molecule has 4 heteroatoms. The number of hydrogen-bond donors (Lipinski definition) is 1. The highest BCUT2D eigenvalue weighted by Gasteiger charge is 2.05. The Morgan fingerprint density at radius 2 is 1.45 bits per heavy atom. The molecular formula is C16H22N4. The standard InChI is InChI=1S/C16H22N4/c1-17-14-20(12-8-15-6-2-4-10-18-15)13-9-16-7-3-5-11-19-16/h2-7,10-11,17H,8-9,12-14H2,1H3. The van der Waals surface area contributed by atoms with Gasteiger partial charge in [0.1, 0.15) is 0 Å². The van der Waals surface area contributed by atoms with Crippen molar-refractivity contribution >= 4 is 0 Å². The zero-order valence-electron chi connectivity index (χ0n) is 12.0. The van der Waals surface area contributed by atoms with Crippen molar-refractivity contribution < 1.29 is 0 Å². The van der Waals surface area contributed by atoms with Crippen LogP contribution in [0.2, 0.25) is 0 Å². The van der Waals surface area contributed by atoms with E-state index in [0.717, 1.165) is 44.0 Å². The largest absolute Gasteiger partial charge is 0.307 e. The molecule has 0 saturated heterocycles. The first-order chi connectivity index (χ1) is 9.88. The van der Waals surface area contributed by atoms with Gasteiger partial charge < -0.3 is 5.32 Å². The topological polar surface area (TPSA) is 41.0 Å². The Bertz CT molecular complexity index is 429. The summed E-state index contributed by atoms with van der Waals surface area (Å²) in [5.74, 6) is 0. The van der Waals surface area contributed by atoms with E-state index in [9.17, 15) is 0 Å². The van der Waals surface area contributed by atoms with Crippen molar-refractivity contribution in [2.75, 3.05) is 26.8 Å². The third kappa shape index (κ3) is 5.07. The number of nitrogens with zero attached hydrogens (tertiary/aromatic N) is 3. The molecule has 2 aromatic heterocycles. The van der Waals surface area contributed by atoms with Gasteiger partial charge in [-0.2, -0.15) is 0 Å². The van der Waals surface area contributed by atoms with E-state index in [1.165, 1.54) is 0 Å². The number of aromatic nitrogens is 2. The molecule has 0 aliphatic heterocycles. The Morgan fingerprint density at radius 1 is 0.900 bits per heavy atom. The third-order valence-electron chi connectivity index (χ3n) is 3.20. The van der Waals surface area contributed by atoms with Gasteiger partial charge in [-0.15, -0.1) is 0 Å². The van der Waals surface area contributed by atoms with Crippen molar-refractivity contribution in [2.45, 2.75) is 12.8 Å². The zero-order valence-corrected chi connectivity index (χ0v) is 12.0. The average molecular weight is 270 g/mol. The van der Waals surface area contributed by atoms with Crippen molar-refractivity contribution in [2.24, 2.45) is 0 Å². The molecule has 2 heterocycles. The van der Waals surface area contributed by atoms with Crippen LogP contribution < -0.4 is 5.32 Å². The Balaban J connectivity index is 1.81. The maximum absolute atomic E-state index is 4.37. The highest BCUT2D eigenvalue weighted by molar-refractivity contribution is 5.05.